The van der Waals surface area contributed by atoms with Crippen LogP contribution in [0, 0.1) is 6.92 Å². The van der Waals surface area contributed by atoms with Crippen molar-refractivity contribution in [2.24, 2.45) is 0 Å². The maximum atomic E-state index is 12.6. The summed E-state index contributed by atoms with van der Waals surface area (Å²) in [5.41, 5.74) is -1.45. The van der Waals surface area contributed by atoms with Crippen LogP contribution in [-0.4, -0.2) is 11.6 Å². The maximum absolute atomic E-state index is 12.6. The lowest BCUT2D eigenvalue weighted by Crippen LogP contribution is -2.25. The van der Waals surface area contributed by atoms with Crippen LogP contribution in [0.25, 0.3) is 0 Å². The van der Waals surface area contributed by atoms with Crippen molar-refractivity contribution in [3.05, 3.63) is 23.2 Å². The highest BCUT2D eigenvalue weighted by atomic mass is 19.4. The second kappa shape index (κ2) is 4.09. The van der Waals surface area contributed by atoms with E-state index in [9.17, 15) is 18.0 Å². The van der Waals surface area contributed by atoms with E-state index in [1.165, 1.54) is 6.92 Å². The van der Waals surface area contributed by atoms with Crippen LogP contribution in [0.5, 0.6) is 0 Å². The molecule has 0 saturated carbocycles. The third-order valence-corrected chi connectivity index (χ3v) is 1.73. The number of ether oxygens (including phenoxy) is 1. The molecule has 0 aliphatic carbocycles. The molecular formula is C11H13F3O3. The fraction of sp³-hybridized carbons (Fsp3) is 0.545. The zero-order chi connectivity index (χ0) is 13.4. The number of carbonyl (C=O) groups is 1. The summed E-state index contributed by atoms with van der Waals surface area (Å²) in [6.45, 7) is 6.06. The first-order chi connectivity index (χ1) is 7.50. The third kappa shape index (κ3) is 3.51. The number of alkyl halides is 3. The normalized spacial score (nSPS) is 12.6. The van der Waals surface area contributed by atoms with Crippen LogP contribution >= 0.6 is 0 Å². The van der Waals surface area contributed by atoms with Gasteiger partial charge in [0.2, 0.25) is 5.76 Å². The molecule has 1 rings (SSSR count). The minimum Gasteiger partial charge on any atom is -0.456 e. The average Bonchev–Trinajstić information content (AvgIpc) is 2.43. The van der Waals surface area contributed by atoms with Crippen molar-refractivity contribution in [2.45, 2.75) is 39.5 Å². The van der Waals surface area contributed by atoms with Crippen molar-refractivity contribution >= 4 is 5.97 Å². The second-order valence-electron chi connectivity index (χ2n) is 4.60. The maximum Gasteiger partial charge on any atom is 0.450 e. The summed E-state index contributed by atoms with van der Waals surface area (Å²) in [6.07, 6.45) is -4.71. The van der Waals surface area contributed by atoms with Crippen molar-refractivity contribution in [2.75, 3.05) is 0 Å². The smallest absolute Gasteiger partial charge is 0.450 e. The Labute approximate surface area is 96.6 Å². The van der Waals surface area contributed by atoms with Crippen LogP contribution < -0.4 is 0 Å². The predicted octanol–water partition coefficient (Wildman–Crippen LogP) is 3.56. The van der Waals surface area contributed by atoms with E-state index in [2.05, 4.69) is 4.42 Å². The lowest BCUT2D eigenvalue weighted by Gasteiger charge is -2.19. The number of hydrogen-bond acceptors (Lipinski definition) is 3. The first-order valence-electron chi connectivity index (χ1n) is 4.91. The second-order valence-corrected chi connectivity index (χ2v) is 4.60. The van der Waals surface area contributed by atoms with Gasteiger partial charge in [0.05, 0.1) is 0 Å². The molecule has 0 fully saturated rings. The van der Waals surface area contributed by atoms with Crippen LogP contribution in [0.15, 0.2) is 10.5 Å². The standard InChI is InChI=1S/C11H13F3O3/c1-6-5-7(8(16-6)11(12,13)14)9(15)17-10(2,3)4/h5H,1-4H3. The number of furan rings is 1. The molecule has 0 unspecified atom stereocenters. The Bertz CT molecular complexity index is 424. The molecule has 0 radical (unpaired) electrons. The molecule has 0 amide bonds. The Balaban J connectivity index is 3.10. The van der Waals surface area contributed by atoms with Gasteiger partial charge in [0.15, 0.2) is 0 Å². The Morgan fingerprint density at radius 3 is 2.24 bits per heavy atom. The Hall–Kier alpha value is -1.46. The number of esters is 1. The van der Waals surface area contributed by atoms with Gasteiger partial charge in [0.25, 0.3) is 0 Å². The van der Waals surface area contributed by atoms with Gasteiger partial charge in [-0.05, 0) is 33.8 Å². The number of aryl methyl sites for hydroxylation is 1. The van der Waals surface area contributed by atoms with Crippen molar-refractivity contribution in [3.63, 3.8) is 0 Å². The van der Waals surface area contributed by atoms with E-state index in [0.717, 1.165) is 6.07 Å². The van der Waals surface area contributed by atoms with Gasteiger partial charge in [-0.3, -0.25) is 0 Å². The summed E-state index contributed by atoms with van der Waals surface area (Å²) < 4.78 is 47.0. The molecule has 0 N–H and O–H groups in total. The van der Waals surface area contributed by atoms with E-state index in [4.69, 9.17) is 4.74 Å². The van der Waals surface area contributed by atoms with E-state index in [-0.39, 0.29) is 5.76 Å². The molecule has 3 nitrogen and oxygen atoms in total. The Morgan fingerprint density at radius 2 is 1.82 bits per heavy atom. The lowest BCUT2D eigenvalue weighted by atomic mass is 10.1. The molecule has 1 aromatic heterocycles. The molecule has 0 bridgehead atoms. The van der Waals surface area contributed by atoms with Gasteiger partial charge in [-0.2, -0.15) is 13.2 Å². The predicted molar refractivity (Wildman–Crippen MR) is 53.6 cm³/mol. The van der Waals surface area contributed by atoms with Crippen LogP contribution in [0.2, 0.25) is 0 Å². The number of carbonyl (C=O) groups excluding carboxylic acids is 1. The molecule has 0 spiro atoms. The molecule has 0 aromatic carbocycles. The van der Waals surface area contributed by atoms with E-state index >= 15 is 0 Å². The van der Waals surface area contributed by atoms with E-state index < -0.39 is 29.1 Å². The largest absolute Gasteiger partial charge is 0.456 e. The minimum atomic E-state index is -4.71. The summed E-state index contributed by atoms with van der Waals surface area (Å²) in [5, 5.41) is 0. The van der Waals surface area contributed by atoms with Gasteiger partial charge in [-0.15, -0.1) is 0 Å². The first kappa shape index (κ1) is 13.6. The van der Waals surface area contributed by atoms with Crippen molar-refractivity contribution < 1.29 is 27.1 Å². The molecule has 0 saturated heterocycles. The van der Waals surface area contributed by atoms with Gasteiger partial charge in [0, 0.05) is 0 Å². The summed E-state index contributed by atoms with van der Waals surface area (Å²) in [7, 11) is 0. The SMILES string of the molecule is Cc1cc(C(=O)OC(C)(C)C)c(C(F)(F)F)o1. The highest BCUT2D eigenvalue weighted by Gasteiger charge is 2.41. The first-order valence-corrected chi connectivity index (χ1v) is 4.91. The molecular weight excluding hydrogens is 237 g/mol. The Morgan fingerprint density at radius 1 is 1.29 bits per heavy atom. The quantitative estimate of drug-likeness (QED) is 0.715. The van der Waals surface area contributed by atoms with Gasteiger partial charge >= 0.3 is 12.1 Å². The van der Waals surface area contributed by atoms with Crippen molar-refractivity contribution in [1.82, 2.24) is 0 Å². The van der Waals surface area contributed by atoms with E-state index in [0.29, 0.717) is 0 Å². The highest BCUT2D eigenvalue weighted by molar-refractivity contribution is 5.91. The molecule has 0 aliphatic rings. The zero-order valence-corrected chi connectivity index (χ0v) is 9.94. The molecule has 0 atom stereocenters. The molecule has 1 aromatic rings. The van der Waals surface area contributed by atoms with Gasteiger partial charge in [-0.25, -0.2) is 4.79 Å². The summed E-state index contributed by atoms with van der Waals surface area (Å²) >= 11 is 0. The lowest BCUT2D eigenvalue weighted by molar-refractivity contribution is -0.154. The molecule has 0 aliphatic heterocycles. The summed E-state index contributed by atoms with van der Waals surface area (Å²) in [4.78, 5) is 11.6. The van der Waals surface area contributed by atoms with Crippen LogP contribution in [0.3, 0.4) is 0 Å². The summed E-state index contributed by atoms with van der Waals surface area (Å²) in [5.74, 6) is -2.34. The molecule has 17 heavy (non-hydrogen) atoms. The van der Waals surface area contributed by atoms with Gasteiger partial charge in [-0.1, -0.05) is 0 Å². The number of rotatable bonds is 1. The average molecular weight is 250 g/mol. The van der Waals surface area contributed by atoms with Gasteiger partial charge < -0.3 is 9.15 Å². The molecule has 1 heterocycles. The van der Waals surface area contributed by atoms with Gasteiger partial charge in [0.1, 0.15) is 16.9 Å². The fourth-order valence-corrected chi connectivity index (χ4v) is 1.21. The monoisotopic (exact) mass is 250 g/mol. The minimum absolute atomic E-state index is 0.0122. The molecule has 96 valence electrons. The highest BCUT2D eigenvalue weighted by Crippen LogP contribution is 2.34. The van der Waals surface area contributed by atoms with Crippen molar-refractivity contribution in [3.8, 4) is 0 Å². The van der Waals surface area contributed by atoms with Crippen molar-refractivity contribution in [1.29, 1.82) is 0 Å². The summed E-state index contributed by atoms with van der Waals surface area (Å²) in [6, 6.07) is 1.02. The number of hydrogen-bond donors (Lipinski definition) is 0. The van der Waals surface area contributed by atoms with Crippen LogP contribution in [0.4, 0.5) is 13.2 Å². The van der Waals surface area contributed by atoms with E-state index in [1.807, 2.05) is 0 Å². The Kier molecular flexibility index (Phi) is 3.27. The number of halogens is 3. The van der Waals surface area contributed by atoms with E-state index in [1.54, 1.807) is 20.8 Å². The zero-order valence-electron chi connectivity index (χ0n) is 9.94. The topological polar surface area (TPSA) is 39.4 Å². The van der Waals surface area contributed by atoms with Crippen LogP contribution in [-0.2, 0) is 10.9 Å². The van der Waals surface area contributed by atoms with Crippen LogP contribution in [0.1, 0.15) is 42.6 Å². The third-order valence-electron chi connectivity index (χ3n) is 1.73. The molecule has 6 heteroatoms. The fourth-order valence-electron chi connectivity index (χ4n) is 1.21.